The number of aryl methyl sites for hydroxylation is 2. The molecular weight excluding hydrogens is 328 g/mol. The molecule has 2 N–H and O–H groups in total. The third kappa shape index (κ3) is 4.60. The highest BCUT2D eigenvalue weighted by molar-refractivity contribution is 6.05. The molecule has 132 valence electrons. The third-order valence-corrected chi connectivity index (χ3v) is 3.93. The predicted molar refractivity (Wildman–Crippen MR) is 101 cm³/mol. The minimum atomic E-state index is -0.361. The zero-order valence-corrected chi connectivity index (χ0v) is 14.5. The van der Waals surface area contributed by atoms with E-state index >= 15 is 0 Å². The summed E-state index contributed by atoms with van der Waals surface area (Å²) in [4.78, 5) is 24.5. The molecule has 3 aromatic rings. The van der Waals surface area contributed by atoms with Gasteiger partial charge in [0.05, 0.1) is 17.6 Å². The first-order valence-electron chi connectivity index (χ1n) is 8.41. The maximum atomic E-state index is 12.3. The average molecular weight is 348 g/mol. The predicted octanol–water partition coefficient (Wildman–Crippen LogP) is 4.41. The molecule has 0 saturated carbocycles. The molecule has 0 saturated heterocycles. The van der Waals surface area contributed by atoms with Crippen molar-refractivity contribution in [3.05, 3.63) is 83.8 Å². The maximum absolute atomic E-state index is 12.3. The van der Waals surface area contributed by atoms with Gasteiger partial charge in [-0.15, -0.1) is 0 Å². The first-order chi connectivity index (χ1) is 12.6. The molecule has 2 amide bonds. The average Bonchev–Trinajstić information content (AvgIpc) is 3.18. The number of hydrogen-bond donors (Lipinski definition) is 2. The molecule has 2 aromatic carbocycles. The molecule has 0 unspecified atom stereocenters. The van der Waals surface area contributed by atoms with E-state index in [9.17, 15) is 9.59 Å². The number of anilines is 2. The molecule has 0 aliphatic rings. The van der Waals surface area contributed by atoms with Crippen LogP contribution in [-0.2, 0) is 11.2 Å². The van der Waals surface area contributed by atoms with Gasteiger partial charge in [0, 0.05) is 6.42 Å². The lowest BCUT2D eigenvalue weighted by Gasteiger charge is -2.13. The van der Waals surface area contributed by atoms with E-state index in [2.05, 4.69) is 10.6 Å². The van der Waals surface area contributed by atoms with Gasteiger partial charge in [-0.2, -0.15) is 0 Å². The third-order valence-electron chi connectivity index (χ3n) is 3.93. The van der Waals surface area contributed by atoms with Crippen molar-refractivity contribution in [3.63, 3.8) is 0 Å². The van der Waals surface area contributed by atoms with E-state index in [0.29, 0.717) is 24.2 Å². The van der Waals surface area contributed by atoms with Crippen LogP contribution in [0.5, 0.6) is 0 Å². The fourth-order valence-corrected chi connectivity index (χ4v) is 2.58. The summed E-state index contributed by atoms with van der Waals surface area (Å²) in [6.45, 7) is 1.92. The summed E-state index contributed by atoms with van der Waals surface area (Å²) in [6.07, 6.45) is 2.47. The molecule has 0 atom stereocenters. The van der Waals surface area contributed by atoms with Crippen LogP contribution in [-0.4, -0.2) is 11.8 Å². The van der Waals surface area contributed by atoms with Gasteiger partial charge in [0.25, 0.3) is 5.91 Å². The van der Waals surface area contributed by atoms with E-state index in [-0.39, 0.29) is 17.6 Å². The Bertz CT molecular complexity index is 887. The Labute approximate surface area is 152 Å². The van der Waals surface area contributed by atoms with Crippen LogP contribution in [0, 0.1) is 6.92 Å². The molecule has 0 radical (unpaired) electrons. The zero-order chi connectivity index (χ0) is 18.4. The Hall–Kier alpha value is -3.34. The maximum Gasteiger partial charge on any atom is 0.291 e. The number of benzene rings is 2. The van der Waals surface area contributed by atoms with Crippen molar-refractivity contribution in [2.45, 2.75) is 19.8 Å². The Balaban J connectivity index is 1.67. The lowest BCUT2D eigenvalue weighted by atomic mass is 10.1. The first kappa shape index (κ1) is 17.5. The first-order valence-corrected chi connectivity index (χ1v) is 8.41. The number of carbonyl (C=O) groups is 2. The summed E-state index contributed by atoms with van der Waals surface area (Å²) in [7, 11) is 0. The van der Waals surface area contributed by atoms with Gasteiger partial charge in [0.1, 0.15) is 0 Å². The molecule has 0 bridgehead atoms. The molecule has 0 fully saturated rings. The van der Waals surface area contributed by atoms with Crippen LogP contribution in [0.15, 0.2) is 71.3 Å². The van der Waals surface area contributed by atoms with Crippen molar-refractivity contribution < 1.29 is 14.0 Å². The van der Waals surface area contributed by atoms with E-state index in [0.717, 1.165) is 11.1 Å². The van der Waals surface area contributed by atoms with Gasteiger partial charge < -0.3 is 15.1 Å². The van der Waals surface area contributed by atoms with Crippen LogP contribution in [0.4, 0.5) is 11.4 Å². The molecule has 0 spiro atoms. The van der Waals surface area contributed by atoms with Crippen LogP contribution in [0.2, 0.25) is 0 Å². The van der Waals surface area contributed by atoms with Gasteiger partial charge >= 0.3 is 0 Å². The zero-order valence-electron chi connectivity index (χ0n) is 14.5. The summed E-state index contributed by atoms with van der Waals surface area (Å²) in [6, 6.07) is 18.6. The van der Waals surface area contributed by atoms with Crippen LogP contribution in [0.1, 0.15) is 28.1 Å². The van der Waals surface area contributed by atoms with E-state index in [1.54, 1.807) is 18.2 Å². The number of amides is 2. The van der Waals surface area contributed by atoms with Gasteiger partial charge in [-0.05, 0) is 48.7 Å². The molecular formula is C21H20N2O3. The highest BCUT2D eigenvalue weighted by atomic mass is 16.3. The molecule has 5 heteroatoms. The number of furan rings is 1. The lowest BCUT2D eigenvalue weighted by Crippen LogP contribution is -2.17. The van der Waals surface area contributed by atoms with Crippen LogP contribution < -0.4 is 10.6 Å². The van der Waals surface area contributed by atoms with Crippen molar-refractivity contribution in [3.8, 4) is 0 Å². The van der Waals surface area contributed by atoms with Crippen LogP contribution in [0.25, 0.3) is 0 Å². The summed E-state index contributed by atoms with van der Waals surface area (Å²) in [5.74, 6) is -0.251. The normalized spacial score (nSPS) is 10.3. The molecule has 3 rings (SSSR count). The summed E-state index contributed by atoms with van der Waals surface area (Å²) < 4.78 is 5.11. The largest absolute Gasteiger partial charge is 0.459 e. The van der Waals surface area contributed by atoms with Crippen molar-refractivity contribution in [2.75, 3.05) is 10.6 Å². The second kappa shape index (κ2) is 8.16. The van der Waals surface area contributed by atoms with Crippen molar-refractivity contribution in [1.82, 2.24) is 0 Å². The second-order valence-corrected chi connectivity index (χ2v) is 6.01. The number of carbonyl (C=O) groups excluding carboxylic acids is 2. The van der Waals surface area contributed by atoms with E-state index in [4.69, 9.17) is 4.42 Å². The standard InChI is InChI=1S/C21H20N2O3/c1-15-9-11-17(18(14-15)23-21(25)19-8-5-13-26-19)22-20(24)12-10-16-6-3-2-4-7-16/h2-9,11,13-14H,10,12H2,1H3,(H,22,24)(H,23,25). The van der Waals surface area contributed by atoms with Gasteiger partial charge in [-0.3, -0.25) is 9.59 Å². The van der Waals surface area contributed by atoms with Crippen LogP contribution in [0.3, 0.4) is 0 Å². The SMILES string of the molecule is Cc1ccc(NC(=O)CCc2ccccc2)c(NC(=O)c2ccco2)c1. The topological polar surface area (TPSA) is 71.3 Å². The van der Waals surface area contributed by atoms with Crippen molar-refractivity contribution in [1.29, 1.82) is 0 Å². The number of rotatable bonds is 6. The Morgan fingerprint density at radius 3 is 2.46 bits per heavy atom. The summed E-state index contributed by atoms with van der Waals surface area (Å²) in [5, 5.41) is 5.66. The Kier molecular flexibility index (Phi) is 5.49. The second-order valence-electron chi connectivity index (χ2n) is 6.01. The molecule has 0 aliphatic carbocycles. The highest BCUT2D eigenvalue weighted by Gasteiger charge is 2.13. The smallest absolute Gasteiger partial charge is 0.291 e. The minimum Gasteiger partial charge on any atom is -0.459 e. The molecule has 1 heterocycles. The molecule has 26 heavy (non-hydrogen) atoms. The van der Waals surface area contributed by atoms with Gasteiger partial charge in [-0.25, -0.2) is 0 Å². The van der Waals surface area contributed by atoms with Crippen LogP contribution >= 0.6 is 0 Å². The van der Waals surface area contributed by atoms with Gasteiger partial charge in [0.15, 0.2) is 5.76 Å². The molecule has 1 aromatic heterocycles. The molecule has 5 nitrogen and oxygen atoms in total. The van der Waals surface area contributed by atoms with Crippen molar-refractivity contribution in [2.24, 2.45) is 0 Å². The van der Waals surface area contributed by atoms with E-state index in [1.807, 2.05) is 49.4 Å². The Morgan fingerprint density at radius 2 is 1.73 bits per heavy atom. The van der Waals surface area contributed by atoms with E-state index < -0.39 is 0 Å². The number of nitrogens with one attached hydrogen (secondary N) is 2. The quantitative estimate of drug-likeness (QED) is 0.693. The van der Waals surface area contributed by atoms with E-state index in [1.165, 1.54) is 6.26 Å². The monoisotopic (exact) mass is 348 g/mol. The summed E-state index contributed by atoms with van der Waals surface area (Å²) in [5.41, 5.74) is 3.19. The fraction of sp³-hybridized carbons (Fsp3) is 0.143. The minimum absolute atomic E-state index is 0.105. The molecule has 0 aliphatic heterocycles. The Morgan fingerprint density at radius 1 is 0.923 bits per heavy atom. The van der Waals surface area contributed by atoms with Gasteiger partial charge in [0.2, 0.25) is 5.91 Å². The fourth-order valence-electron chi connectivity index (χ4n) is 2.58. The summed E-state index contributed by atoms with van der Waals surface area (Å²) >= 11 is 0. The van der Waals surface area contributed by atoms with Gasteiger partial charge in [-0.1, -0.05) is 36.4 Å². The lowest BCUT2D eigenvalue weighted by molar-refractivity contribution is -0.116. The number of hydrogen-bond acceptors (Lipinski definition) is 3. The highest BCUT2D eigenvalue weighted by Crippen LogP contribution is 2.24. The van der Waals surface area contributed by atoms with Crippen molar-refractivity contribution >= 4 is 23.2 Å².